The van der Waals surface area contributed by atoms with Crippen LogP contribution in [0.1, 0.15) is 18.7 Å². The van der Waals surface area contributed by atoms with Crippen molar-refractivity contribution in [1.29, 1.82) is 0 Å². The van der Waals surface area contributed by atoms with Crippen molar-refractivity contribution in [2.24, 2.45) is 4.99 Å². The maximum absolute atomic E-state index is 5.93. The number of imidazole rings is 1. The quantitative estimate of drug-likeness (QED) is 0.637. The van der Waals surface area contributed by atoms with E-state index in [1.165, 1.54) is 0 Å². The fourth-order valence-electron chi connectivity index (χ4n) is 3.70. The van der Waals surface area contributed by atoms with Gasteiger partial charge in [0.1, 0.15) is 11.9 Å². The first-order valence-electron chi connectivity index (χ1n) is 9.61. The number of ether oxygens (including phenoxy) is 2. The molecule has 2 aromatic rings. The number of nitrogens with one attached hydrogen (secondary N) is 2. The summed E-state index contributed by atoms with van der Waals surface area (Å²) in [5.41, 5.74) is 2.15. The molecule has 0 aliphatic carbocycles. The summed E-state index contributed by atoms with van der Waals surface area (Å²) in [6.45, 7) is 3.78. The average Bonchev–Trinajstić information content (AvgIpc) is 3.42. The average molecular weight is 369 g/mol. The third-order valence-electron chi connectivity index (χ3n) is 5.11. The molecule has 2 aliphatic rings. The molecule has 144 valence electrons. The highest BCUT2D eigenvalue weighted by atomic mass is 16.5. The molecule has 1 aromatic carbocycles. The maximum Gasteiger partial charge on any atom is 0.194 e. The van der Waals surface area contributed by atoms with Gasteiger partial charge in [-0.1, -0.05) is 30.3 Å². The highest BCUT2D eigenvalue weighted by molar-refractivity contribution is 5.80. The largest absolute Gasteiger partial charge is 0.375 e. The van der Waals surface area contributed by atoms with E-state index in [0.29, 0.717) is 13.2 Å². The van der Waals surface area contributed by atoms with Crippen molar-refractivity contribution in [3.8, 4) is 11.3 Å². The Morgan fingerprint density at radius 3 is 2.89 bits per heavy atom. The molecule has 27 heavy (non-hydrogen) atoms. The van der Waals surface area contributed by atoms with Crippen LogP contribution in [-0.4, -0.2) is 66.4 Å². The molecular weight excluding hydrogens is 342 g/mol. The number of benzene rings is 1. The Balaban J connectivity index is 1.34. The van der Waals surface area contributed by atoms with E-state index in [0.717, 1.165) is 55.6 Å². The monoisotopic (exact) mass is 369 g/mol. The Kier molecular flexibility index (Phi) is 5.69. The van der Waals surface area contributed by atoms with Gasteiger partial charge in [0.05, 0.1) is 31.1 Å². The molecular formula is C20H27N5O2. The minimum absolute atomic E-state index is 0.119. The van der Waals surface area contributed by atoms with Gasteiger partial charge in [0, 0.05) is 26.7 Å². The minimum atomic E-state index is 0.119. The molecule has 0 radical (unpaired) electrons. The zero-order valence-corrected chi connectivity index (χ0v) is 15.7. The Bertz CT molecular complexity index is 755. The minimum Gasteiger partial charge on any atom is -0.375 e. The molecule has 2 atom stereocenters. The van der Waals surface area contributed by atoms with Crippen molar-refractivity contribution in [2.45, 2.75) is 31.6 Å². The van der Waals surface area contributed by atoms with Gasteiger partial charge < -0.3 is 24.7 Å². The lowest BCUT2D eigenvalue weighted by Gasteiger charge is -2.37. The van der Waals surface area contributed by atoms with Gasteiger partial charge in [0.2, 0.25) is 0 Å². The SMILES string of the molecule is CN=C(NCc1ncc(-c2ccccc2)[nH]1)N1CCOC(C2CCCO2)C1. The fourth-order valence-corrected chi connectivity index (χ4v) is 3.70. The topological polar surface area (TPSA) is 74.8 Å². The predicted molar refractivity (Wildman–Crippen MR) is 105 cm³/mol. The molecule has 2 aliphatic heterocycles. The van der Waals surface area contributed by atoms with Crippen molar-refractivity contribution in [3.05, 3.63) is 42.4 Å². The third kappa shape index (κ3) is 4.31. The first-order valence-corrected chi connectivity index (χ1v) is 9.61. The fraction of sp³-hybridized carbons (Fsp3) is 0.500. The second-order valence-corrected chi connectivity index (χ2v) is 6.92. The van der Waals surface area contributed by atoms with Gasteiger partial charge in [0.15, 0.2) is 5.96 Å². The summed E-state index contributed by atoms with van der Waals surface area (Å²) < 4.78 is 11.7. The van der Waals surface area contributed by atoms with Gasteiger partial charge in [-0.15, -0.1) is 0 Å². The highest BCUT2D eigenvalue weighted by Crippen LogP contribution is 2.21. The lowest BCUT2D eigenvalue weighted by Crippen LogP contribution is -2.53. The molecule has 3 heterocycles. The second-order valence-electron chi connectivity index (χ2n) is 6.92. The zero-order valence-electron chi connectivity index (χ0n) is 15.7. The molecule has 1 aromatic heterocycles. The molecule has 0 amide bonds. The Labute approximate surface area is 159 Å². The van der Waals surface area contributed by atoms with Gasteiger partial charge in [-0.05, 0) is 18.4 Å². The number of aliphatic imine (C=N–C) groups is 1. The number of rotatable bonds is 4. The van der Waals surface area contributed by atoms with Crippen LogP contribution in [0.3, 0.4) is 0 Å². The van der Waals surface area contributed by atoms with Crippen LogP contribution in [-0.2, 0) is 16.0 Å². The molecule has 0 saturated carbocycles. The van der Waals surface area contributed by atoms with E-state index in [1.54, 1.807) is 0 Å². The van der Waals surface area contributed by atoms with Crippen LogP contribution in [0.5, 0.6) is 0 Å². The van der Waals surface area contributed by atoms with E-state index in [4.69, 9.17) is 9.47 Å². The lowest BCUT2D eigenvalue weighted by molar-refractivity contribution is -0.0817. The number of guanidine groups is 1. The highest BCUT2D eigenvalue weighted by Gasteiger charge is 2.32. The second kappa shape index (κ2) is 8.54. The summed E-state index contributed by atoms with van der Waals surface area (Å²) in [7, 11) is 1.82. The van der Waals surface area contributed by atoms with Crippen LogP contribution in [0.4, 0.5) is 0 Å². The van der Waals surface area contributed by atoms with Crippen molar-refractivity contribution in [3.63, 3.8) is 0 Å². The lowest BCUT2D eigenvalue weighted by atomic mass is 10.1. The van der Waals surface area contributed by atoms with Crippen molar-refractivity contribution in [2.75, 3.05) is 33.4 Å². The Hall–Kier alpha value is -2.38. The van der Waals surface area contributed by atoms with Crippen molar-refractivity contribution in [1.82, 2.24) is 20.2 Å². The number of aromatic nitrogens is 2. The number of morpholine rings is 1. The van der Waals surface area contributed by atoms with E-state index >= 15 is 0 Å². The van der Waals surface area contributed by atoms with E-state index in [2.05, 4.69) is 37.3 Å². The molecule has 2 saturated heterocycles. The summed E-state index contributed by atoms with van der Waals surface area (Å²) in [4.78, 5) is 14.6. The third-order valence-corrected chi connectivity index (χ3v) is 5.11. The van der Waals surface area contributed by atoms with Gasteiger partial charge in [-0.2, -0.15) is 0 Å². The van der Waals surface area contributed by atoms with Crippen molar-refractivity contribution < 1.29 is 9.47 Å². The van der Waals surface area contributed by atoms with E-state index in [1.807, 2.05) is 31.4 Å². The van der Waals surface area contributed by atoms with Crippen LogP contribution < -0.4 is 5.32 Å². The summed E-state index contributed by atoms with van der Waals surface area (Å²) in [6.07, 6.45) is 4.41. The van der Waals surface area contributed by atoms with E-state index < -0.39 is 0 Å². The molecule has 7 heteroatoms. The molecule has 2 N–H and O–H groups in total. The number of hydrogen-bond donors (Lipinski definition) is 2. The predicted octanol–water partition coefficient (Wildman–Crippen LogP) is 2.03. The normalized spacial score (nSPS) is 23.6. The molecule has 4 rings (SSSR count). The first-order chi connectivity index (χ1) is 13.3. The molecule has 2 unspecified atom stereocenters. The van der Waals surface area contributed by atoms with Crippen LogP contribution >= 0.6 is 0 Å². The van der Waals surface area contributed by atoms with Crippen LogP contribution in [0.15, 0.2) is 41.5 Å². The molecule has 0 spiro atoms. The summed E-state index contributed by atoms with van der Waals surface area (Å²) in [5, 5.41) is 3.42. The van der Waals surface area contributed by atoms with Gasteiger partial charge >= 0.3 is 0 Å². The molecule has 2 fully saturated rings. The van der Waals surface area contributed by atoms with Crippen LogP contribution in [0.2, 0.25) is 0 Å². The van der Waals surface area contributed by atoms with Crippen molar-refractivity contribution >= 4 is 5.96 Å². The number of aromatic amines is 1. The maximum atomic E-state index is 5.93. The summed E-state index contributed by atoms with van der Waals surface area (Å²) in [5.74, 6) is 1.76. The Morgan fingerprint density at radius 1 is 1.26 bits per heavy atom. The molecule has 0 bridgehead atoms. The zero-order chi connectivity index (χ0) is 18.5. The standard InChI is InChI=1S/C20H27N5O2/c1-21-20(25-9-11-27-18(14-25)17-8-5-10-26-17)23-13-19-22-12-16(24-19)15-6-3-2-4-7-15/h2-4,6-7,12,17-18H,5,8-11,13-14H2,1H3,(H,21,23)(H,22,24). The van der Waals surface area contributed by atoms with Crippen LogP contribution in [0, 0.1) is 0 Å². The summed E-state index contributed by atoms with van der Waals surface area (Å²) >= 11 is 0. The Morgan fingerprint density at radius 2 is 2.11 bits per heavy atom. The van der Waals surface area contributed by atoms with Crippen LogP contribution in [0.25, 0.3) is 11.3 Å². The summed E-state index contributed by atoms with van der Waals surface area (Å²) in [6, 6.07) is 10.2. The van der Waals surface area contributed by atoms with E-state index in [-0.39, 0.29) is 12.2 Å². The number of hydrogen-bond acceptors (Lipinski definition) is 4. The first kappa shape index (κ1) is 18.0. The number of nitrogens with zero attached hydrogens (tertiary/aromatic N) is 3. The van der Waals surface area contributed by atoms with Gasteiger partial charge in [-0.3, -0.25) is 4.99 Å². The van der Waals surface area contributed by atoms with E-state index in [9.17, 15) is 0 Å². The van der Waals surface area contributed by atoms with Gasteiger partial charge in [0.25, 0.3) is 0 Å². The smallest absolute Gasteiger partial charge is 0.194 e. The molecule has 7 nitrogen and oxygen atoms in total. The number of H-pyrrole nitrogens is 1. The van der Waals surface area contributed by atoms with Gasteiger partial charge in [-0.25, -0.2) is 4.98 Å².